The van der Waals surface area contributed by atoms with Crippen molar-refractivity contribution in [3.63, 3.8) is 0 Å². The number of guanidine groups is 1. The molecule has 1 aliphatic heterocycles. The summed E-state index contributed by atoms with van der Waals surface area (Å²) in [7, 11) is 0. The summed E-state index contributed by atoms with van der Waals surface area (Å²) in [5.74, 6) is -0.00774. The third-order valence-corrected chi connectivity index (χ3v) is 5.52. The molecule has 0 atom stereocenters. The molecule has 0 bridgehead atoms. The Labute approximate surface area is 169 Å². The number of rotatable bonds is 6. The fourth-order valence-corrected chi connectivity index (χ4v) is 4.08. The highest BCUT2D eigenvalue weighted by Crippen LogP contribution is 2.37. The van der Waals surface area contributed by atoms with Crippen molar-refractivity contribution in [1.82, 2.24) is 4.90 Å². The van der Waals surface area contributed by atoms with Crippen LogP contribution in [0.15, 0.2) is 29.3 Å². The molecule has 2 fully saturated rings. The molecule has 3 N–H and O–H groups in total. The van der Waals surface area contributed by atoms with Crippen molar-refractivity contribution < 1.29 is 22.6 Å². The van der Waals surface area contributed by atoms with Crippen LogP contribution in [0.25, 0.3) is 0 Å². The van der Waals surface area contributed by atoms with Gasteiger partial charge in [-0.15, -0.1) is 13.2 Å². The number of benzene rings is 1. The van der Waals surface area contributed by atoms with E-state index in [4.69, 9.17) is 10.5 Å². The minimum absolute atomic E-state index is 0.117. The average molecular weight is 414 g/mol. The molecule has 9 heteroatoms. The van der Waals surface area contributed by atoms with E-state index in [-0.39, 0.29) is 17.1 Å². The maximum absolute atomic E-state index is 12.2. The van der Waals surface area contributed by atoms with Crippen LogP contribution in [0.4, 0.5) is 18.9 Å². The zero-order valence-corrected chi connectivity index (χ0v) is 16.5. The topological polar surface area (TPSA) is 72.1 Å². The number of alkyl halides is 3. The second-order valence-electron chi connectivity index (χ2n) is 7.85. The van der Waals surface area contributed by atoms with Crippen molar-refractivity contribution in [2.24, 2.45) is 16.1 Å². The van der Waals surface area contributed by atoms with Crippen LogP contribution in [-0.4, -0.2) is 56.6 Å². The molecule has 29 heavy (non-hydrogen) atoms. The van der Waals surface area contributed by atoms with Gasteiger partial charge in [0.2, 0.25) is 0 Å². The van der Waals surface area contributed by atoms with E-state index in [1.54, 1.807) is 0 Å². The molecule has 1 saturated carbocycles. The molecule has 2 aliphatic rings. The van der Waals surface area contributed by atoms with Gasteiger partial charge < -0.3 is 20.5 Å². The van der Waals surface area contributed by atoms with Gasteiger partial charge in [-0.05, 0) is 37.1 Å². The van der Waals surface area contributed by atoms with E-state index in [1.165, 1.54) is 43.5 Å². The largest absolute Gasteiger partial charge is 0.573 e. The fraction of sp³-hybridized carbons (Fsp3) is 0.650. The fourth-order valence-electron chi connectivity index (χ4n) is 4.08. The molecule has 0 amide bonds. The van der Waals surface area contributed by atoms with Crippen LogP contribution in [0.1, 0.15) is 32.1 Å². The molecule has 162 valence electrons. The van der Waals surface area contributed by atoms with Crippen molar-refractivity contribution in [1.29, 1.82) is 0 Å². The van der Waals surface area contributed by atoms with Gasteiger partial charge in [0, 0.05) is 37.3 Å². The van der Waals surface area contributed by atoms with Gasteiger partial charge in [-0.2, -0.15) is 0 Å². The van der Waals surface area contributed by atoms with E-state index < -0.39 is 6.36 Å². The Hall–Kier alpha value is -2.00. The van der Waals surface area contributed by atoms with Gasteiger partial charge in [0.05, 0.1) is 13.2 Å². The quantitative estimate of drug-likeness (QED) is 0.550. The molecule has 1 heterocycles. The number of hydrogen-bond acceptors (Lipinski definition) is 4. The van der Waals surface area contributed by atoms with Crippen LogP contribution < -0.4 is 15.8 Å². The summed E-state index contributed by atoms with van der Waals surface area (Å²) in [6.45, 7) is 5.08. The number of nitrogens with one attached hydrogen (secondary N) is 1. The number of morpholine rings is 1. The van der Waals surface area contributed by atoms with Crippen LogP contribution in [0.5, 0.6) is 5.75 Å². The number of hydrogen-bond donors (Lipinski definition) is 2. The van der Waals surface area contributed by atoms with E-state index in [2.05, 4.69) is 19.9 Å². The zero-order chi connectivity index (χ0) is 20.7. The van der Waals surface area contributed by atoms with Gasteiger partial charge >= 0.3 is 6.36 Å². The minimum Gasteiger partial charge on any atom is -0.406 e. The molecule has 1 aromatic carbocycles. The maximum Gasteiger partial charge on any atom is 0.573 e. The molecule has 1 saturated heterocycles. The summed E-state index contributed by atoms with van der Waals surface area (Å²) in [4.78, 5) is 7.03. The van der Waals surface area contributed by atoms with E-state index in [0.29, 0.717) is 12.2 Å². The van der Waals surface area contributed by atoms with Gasteiger partial charge in [0.25, 0.3) is 0 Å². The number of nitrogens with zero attached hydrogens (tertiary/aromatic N) is 2. The first-order chi connectivity index (χ1) is 13.8. The molecule has 1 aliphatic carbocycles. The lowest BCUT2D eigenvalue weighted by atomic mass is 9.73. The molecule has 1 aromatic rings. The normalized spacial score (nSPS) is 21.0. The van der Waals surface area contributed by atoms with Crippen molar-refractivity contribution in [2.45, 2.75) is 38.5 Å². The highest BCUT2D eigenvalue weighted by Gasteiger charge is 2.34. The van der Waals surface area contributed by atoms with E-state index >= 15 is 0 Å². The third-order valence-electron chi connectivity index (χ3n) is 5.52. The Kier molecular flexibility index (Phi) is 7.23. The Balaban J connectivity index is 1.58. The first-order valence-corrected chi connectivity index (χ1v) is 10.1. The van der Waals surface area contributed by atoms with Gasteiger partial charge in [-0.1, -0.05) is 19.3 Å². The number of aliphatic imine (C=N–C) groups is 1. The van der Waals surface area contributed by atoms with E-state index in [9.17, 15) is 13.2 Å². The number of halogens is 3. The predicted molar refractivity (Wildman–Crippen MR) is 106 cm³/mol. The average Bonchev–Trinajstić information content (AvgIpc) is 2.68. The molecular formula is C20H29F3N4O2. The van der Waals surface area contributed by atoms with E-state index in [0.717, 1.165) is 45.7 Å². The van der Waals surface area contributed by atoms with Crippen molar-refractivity contribution >= 4 is 11.6 Å². The maximum atomic E-state index is 12.2. The first-order valence-electron chi connectivity index (χ1n) is 10.1. The Morgan fingerprint density at radius 1 is 1.14 bits per heavy atom. The molecular weight excluding hydrogens is 385 g/mol. The Morgan fingerprint density at radius 2 is 1.79 bits per heavy atom. The van der Waals surface area contributed by atoms with Gasteiger partial charge in [-0.3, -0.25) is 9.89 Å². The van der Waals surface area contributed by atoms with Crippen LogP contribution in [0.2, 0.25) is 0 Å². The molecule has 6 nitrogen and oxygen atoms in total. The lowest BCUT2D eigenvalue weighted by molar-refractivity contribution is -0.274. The smallest absolute Gasteiger partial charge is 0.406 e. The first kappa shape index (κ1) is 21.7. The Bertz CT molecular complexity index is 667. The van der Waals surface area contributed by atoms with Crippen molar-refractivity contribution in [2.75, 3.05) is 44.7 Å². The zero-order valence-electron chi connectivity index (χ0n) is 16.5. The summed E-state index contributed by atoms with van der Waals surface area (Å²) in [5, 5.41) is 2.95. The second kappa shape index (κ2) is 9.67. The van der Waals surface area contributed by atoms with Gasteiger partial charge in [-0.25, -0.2) is 0 Å². The van der Waals surface area contributed by atoms with Crippen molar-refractivity contribution in [3.05, 3.63) is 24.3 Å². The number of anilines is 1. The van der Waals surface area contributed by atoms with Gasteiger partial charge in [0.1, 0.15) is 5.75 Å². The van der Waals surface area contributed by atoms with Crippen LogP contribution in [-0.2, 0) is 4.74 Å². The summed E-state index contributed by atoms with van der Waals surface area (Å²) < 4.78 is 46.1. The third kappa shape index (κ3) is 7.08. The van der Waals surface area contributed by atoms with Crippen molar-refractivity contribution in [3.8, 4) is 5.75 Å². The predicted octanol–water partition coefficient (Wildman–Crippen LogP) is 3.59. The summed E-state index contributed by atoms with van der Waals surface area (Å²) >= 11 is 0. The van der Waals surface area contributed by atoms with Crippen LogP contribution >= 0.6 is 0 Å². The lowest BCUT2D eigenvalue weighted by Gasteiger charge is -2.41. The molecule has 0 unspecified atom stereocenters. The monoisotopic (exact) mass is 414 g/mol. The van der Waals surface area contributed by atoms with E-state index in [1.807, 2.05) is 0 Å². The minimum atomic E-state index is -4.70. The van der Waals surface area contributed by atoms with Gasteiger partial charge in [0.15, 0.2) is 5.96 Å². The molecule has 0 aromatic heterocycles. The SMILES string of the molecule is NC(=NCC1(CN2CCOCC2)CCCCC1)Nc1ccc(OC(F)(F)F)cc1. The van der Waals surface area contributed by atoms with Crippen LogP contribution in [0, 0.1) is 5.41 Å². The highest BCUT2D eigenvalue weighted by atomic mass is 19.4. The number of ether oxygens (including phenoxy) is 2. The Morgan fingerprint density at radius 3 is 2.41 bits per heavy atom. The number of nitrogens with two attached hydrogens (primary N) is 1. The molecule has 0 radical (unpaired) electrons. The summed E-state index contributed by atoms with van der Waals surface area (Å²) in [6, 6.07) is 5.44. The highest BCUT2D eigenvalue weighted by molar-refractivity contribution is 5.92. The molecule has 0 spiro atoms. The summed E-state index contributed by atoms with van der Waals surface area (Å²) in [6.07, 6.45) is 1.22. The lowest BCUT2D eigenvalue weighted by Crippen LogP contribution is -2.46. The van der Waals surface area contributed by atoms with Crippen LogP contribution in [0.3, 0.4) is 0 Å². The second-order valence-corrected chi connectivity index (χ2v) is 7.85. The summed E-state index contributed by atoms with van der Waals surface area (Å²) in [5.41, 5.74) is 6.73. The standard InChI is InChI=1S/C20H29F3N4O2/c21-20(22,23)29-17-6-4-16(5-7-17)26-18(24)25-14-19(8-2-1-3-9-19)15-27-10-12-28-13-11-27/h4-7H,1-3,8-15H2,(H3,24,25,26). The molecule has 3 rings (SSSR count).